The molecule has 0 amide bonds. The third kappa shape index (κ3) is 6.32. The van der Waals surface area contributed by atoms with Crippen LogP contribution in [0.4, 0.5) is 20.4 Å². The number of halogens is 3. The molecule has 1 unspecified atom stereocenters. The fourth-order valence-corrected chi connectivity index (χ4v) is 5.54. The van der Waals surface area contributed by atoms with Gasteiger partial charge in [-0.05, 0) is 90.5 Å². The first-order chi connectivity index (χ1) is 17.5. The van der Waals surface area contributed by atoms with E-state index in [-0.39, 0.29) is 28.0 Å². The molecule has 0 bridgehead atoms. The number of pyridine rings is 1. The quantitative estimate of drug-likeness (QED) is 0.346. The summed E-state index contributed by atoms with van der Waals surface area (Å²) >= 11 is 5.97. The average Bonchev–Trinajstić information content (AvgIpc) is 3.21. The zero-order chi connectivity index (χ0) is 26.9. The first-order valence-electron chi connectivity index (χ1n) is 13.2. The Morgan fingerprint density at radius 3 is 2.54 bits per heavy atom. The van der Waals surface area contributed by atoms with Gasteiger partial charge in [0, 0.05) is 35.6 Å². The number of piperidine rings is 1. The fourth-order valence-electron chi connectivity index (χ4n) is 5.35. The normalized spacial score (nSPS) is 18.8. The molecule has 5 nitrogen and oxygen atoms in total. The van der Waals surface area contributed by atoms with Crippen molar-refractivity contribution in [1.29, 1.82) is 0 Å². The van der Waals surface area contributed by atoms with E-state index in [0.29, 0.717) is 41.9 Å². The second-order valence-electron chi connectivity index (χ2n) is 11.3. The van der Waals surface area contributed by atoms with E-state index < -0.39 is 0 Å². The third-order valence-electron chi connectivity index (χ3n) is 7.26. The number of aromatic nitrogens is 3. The van der Waals surface area contributed by atoms with E-state index in [1.807, 2.05) is 30.7 Å². The van der Waals surface area contributed by atoms with Crippen LogP contribution in [0.5, 0.6) is 0 Å². The van der Waals surface area contributed by atoms with Gasteiger partial charge in [0.15, 0.2) is 17.5 Å². The van der Waals surface area contributed by atoms with Crippen LogP contribution in [0.25, 0.3) is 0 Å². The van der Waals surface area contributed by atoms with Gasteiger partial charge < -0.3 is 5.32 Å². The van der Waals surface area contributed by atoms with Crippen LogP contribution < -0.4 is 5.32 Å². The number of benzene rings is 1. The molecule has 1 aromatic carbocycles. The van der Waals surface area contributed by atoms with Crippen LogP contribution in [0.15, 0.2) is 30.3 Å². The summed E-state index contributed by atoms with van der Waals surface area (Å²) in [4.78, 5) is 7.00. The molecule has 3 aromatic rings. The summed E-state index contributed by atoms with van der Waals surface area (Å²) in [7, 11) is 0. The molecular formula is C29H38ClF2N5. The number of anilines is 2. The highest BCUT2D eigenvalue weighted by Gasteiger charge is 2.27. The summed E-state index contributed by atoms with van der Waals surface area (Å²) in [5, 5.41) is 7.94. The molecule has 1 fully saturated rings. The maximum Gasteiger partial charge on any atom is 0.169 e. The van der Waals surface area contributed by atoms with Gasteiger partial charge in [0.1, 0.15) is 5.82 Å². The van der Waals surface area contributed by atoms with Gasteiger partial charge in [0.25, 0.3) is 0 Å². The Balaban J connectivity index is 1.46. The average molecular weight is 530 g/mol. The topological polar surface area (TPSA) is 46.0 Å². The molecule has 37 heavy (non-hydrogen) atoms. The molecule has 200 valence electrons. The van der Waals surface area contributed by atoms with Gasteiger partial charge >= 0.3 is 0 Å². The second kappa shape index (κ2) is 11.1. The summed E-state index contributed by atoms with van der Waals surface area (Å²) in [6.45, 7) is 13.8. The minimum Gasteiger partial charge on any atom is -0.321 e. The fraction of sp³-hybridized carbons (Fsp3) is 0.517. The predicted molar refractivity (Wildman–Crippen MR) is 147 cm³/mol. The standard InChI is InChI=1S/C29H38ClF2N5/c1-7-21-16-23(33-28(27(21)32)34-25-14-19(3)37(35-25)29(4,5)6)15-20-11-12-36(18(2)13-20)17-22-9-8-10-24(30)26(22)31/h8-10,14,16,18,20H,7,11-13,15,17H2,1-6H3,(H,33,34,35)/t18-,20?/m1/s1. The lowest BCUT2D eigenvalue weighted by atomic mass is 9.87. The van der Waals surface area contributed by atoms with E-state index in [0.717, 1.165) is 37.2 Å². The Kier molecular flexibility index (Phi) is 8.24. The Morgan fingerprint density at radius 2 is 1.89 bits per heavy atom. The summed E-state index contributed by atoms with van der Waals surface area (Å²) in [5.41, 5.74) is 3.00. The van der Waals surface area contributed by atoms with Crippen LogP contribution in [0, 0.1) is 24.5 Å². The lowest BCUT2D eigenvalue weighted by Gasteiger charge is -2.38. The molecule has 1 N–H and O–H groups in total. The van der Waals surface area contributed by atoms with Crippen molar-refractivity contribution in [2.75, 3.05) is 11.9 Å². The SMILES string of the molecule is CCc1cc(CC2CCN(Cc3cccc(Cl)c3F)[C@H](C)C2)nc(Nc2cc(C)n(C(C)(C)C)n2)c1F. The number of hydrogen-bond acceptors (Lipinski definition) is 4. The molecule has 1 aliphatic rings. The highest BCUT2D eigenvalue weighted by atomic mass is 35.5. The van der Waals surface area contributed by atoms with Crippen molar-refractivity contribution in [3.63, 3.8) is 0 Å². The maximum absolute atomic E-state index is 15.2. The van der Waals surface area contributed by atoms with E-state index in [1.54, 1.807) is 18.2 Å². The highest BCUT2D eigenvalue weighted by molar-refractivity contribution is 6.30. The zero-order valence-electron chi connectivity index (χ0n) is 22.7. The molecule has 1 saturated heterocycles. The highest BCUT2D eigenvalue weighted by Crippen LogP contribution is 2.30. The molecule has 0 spiro atoms. The van der Waals surface area contributed by atoms with Crippen LogP contribution in [0.2, 0.25) is 5.02 Å². The number of nitrogens with zero attached hydrogens (tertiary/aromatic N) is 4. The maximum atomic E-state index is 15.2. The van der Waals surface area contributed by atoms with Gasteiger partial charge in [-0.15, -0.1) is 0 Å². The largest absolute Gasteiger partial charge is 0.321 e. The smallest absolute Gasteiger partial charge is 0.169 e. The summed E-state index contributed by atoms with van der Waals surface area (Å²) < 4.78 is 31.6. The number of hydrogen-bond donors (Lipinski definition) is 1. The molecule has 8 heteroatoms. The van der Waals surface area contributed by atoms with Crippen molar-refractivity contribution in [3.8, 4) is 0 Å². The molecule has 1 aliphatic heterocycles. The number of likely N-dealkylation sites (tertiary alicyclic amines) is 1. The van der Waals surface area contributed by atoms with Gasteiger partial charge in [-0.1, -0.05) is 30.7 Å². The van der Waals surface area contributed by atoms with E-state index in [4.69, 9.17) is 16.6 Å². The van der Waals surface area contributed by atoms with Gasteiger partial charge in [0.2, 0.25) is 0 Å². The van der Waals surface area contributed by atoms with Crippen molar-refractivity contribution in [2.45, 2.75) is 85.4 Å². The lowest BCUT2D eigenvalue weighted by molar-refractivity contribution is 0.114. The van der Waals surface area contributed by atoms with Gasteiger partial charge in [-0.25, -0.2) is 13.8 Å². The lowest BCUT2D eigenvalue weighted by Crippen LogP contribution is -2.40. The molecule has 4 rings (SSSR count). The number of aryl methyl sites for hydroxylation is 2. The summed E-state index contributed by atoms with van der Waals surface area (Å²) in [5.74, 6) is 0.598. The molecule has 2 aromatic heterocycles. The van der Waals surface area contributed by atoms with Crippen LogP contribution in [-0.2, 0) is 24.9 Å². The van der Waals surface area contributed by atoms with Crippen molar-refractivity contribution in [1.82, 2.24) is 19.7 Å². The molecule has 0 radical (unpaired) electrons. The van der Waals surface area contributed by atoms with Crippen molar-refractivity contribution in [3.05, 3.63) is 69.5 Å². The van der Waals surface area contributed by atoms with Gasteiger partial charge in [-0.2, -0.15) is 5.10 Å². The predicted octanol–water partition coefficient (Wildman–Crippen LogP) is 7.42. The minimum absolute atomic E-state index is 0.166. The van der Waals surface area contributed by atoms with E-state index in [1.165, 1.54) is 0 Å². The number of rotatable bonds is 7. The summed E-state index contributed by atoms with van der Waals surface area (Å²) in [6, 6.07) is 9.30. The minimum atomic E-state index is -0.330. The summed E-state index contributed by atoms with van der Waals surface area (Å²) in [6.07, 6.45) is 3.32. The monoisotopic (exact) mass is 529 g/mol. The molecular weight excluding hydrogens is 492 g/mol. The van der Waals surface area contributed by atoms with Gasteiger partial charge in [0.05, 0.1) is 10.6 Å². The Bertz CT molecular complexity index is 1250. The first kappa shape index (κ1) is 27.5. The van der Waals surface area contributed by atoms with Crippen molar-refractivity contribution in [2.24, 2.45) is 5.92 Å². The molecule has 3 heterocycles. The van der Waals surface area contributed by atoms with E-state index >= 15 is 4.39 Å². The Morgan fingerprint density at radius 1 is 1.14 bits per heavy atom. The van der Waals surface area contributed by atoms with Crippen LogP contribution in [0.3, 0.4) is 0 Å². The Hall–Kier alpha value is -2.51. The van der Waals surface area contributed by atoms with Gasteiger partial charge in [-0.3, -0.25) is 9.58 Å². The van der Waals surface area contributed by atoms with E-state index in [9.17, 15) is 4.39 Å². The first-order valence-corrected chi connectivity index (χ1v) is 13.5. The number of nitrogens with one attached hydrogen (secondary N) is 1. The van der Waals surface area contributed by atoms with E-state index in [2.05, 4.69) is 43.0 Å². The van der Waals surface area contributed by atoms with Crippen molar-refractivity contribution >= 4 is 23.2 Å². The van der Waals surface area contributed by atoms with Crippen LogP contribution in [0.1, 0.15) is 70.0 Å². The zero-order valence-corrected chi connectivity index (χ0v) is 23.5. The molecule has 2 atom stereocenters. The second-order valence-corrected chi connectivity index (χ2v) is 11.7. The van der Waals surface area contributed by atoms with Crippen LogP contribution in [-0.4, -0.2) is 32.3 Å². The van der Waals surface area contributed by atoms with Crippen LogP contribution >= 0.6 is 11.6 Å². The van der Waals surface area contributed by atoms with Crippen molar-refractivity contribution < 1.29 is 8.78 Å². The molecule has 0 aliphatic carbocycles. The molecule has 0 saturated carbocycles. The third-order valence-corrected chi connectivity index (χ3v) is 7.55. The Labute approximate surface area is 224 Å².